The number of methoxy groups -OCH3 is 1. The molecular weight excluding hydrogens is 496 g/mol. The first kappa shape index (κ1) is 25.2. The van der Waals surface area contributed by atoms with Crippen molar-refractivity contribution < 1.29 is 32.9 Å². The molecule has 0 fully saturated rings. The summed E-state index contributed by atoms with van der Waals surface area (Å²) in [5, 5.41) is 18.5. The zero-order valence-corrected chi connectivity index (χ0v) is 20.6. The van der Waals surface area contributed by atoms with Gasteiger partial charge in [-0.25, -0.2) is 18.3 Å². The molecule has 1 aliphatic rings. The molecule has 8 nitrogen and oxygen atoms in total. The summed E-state index contributed by atoms with van der Waals surface area (Å²) in [6.45, 7) is 0.269. The summed E-state index contributed by atoms with van der Waals surface area (Å²) in [5.41, 5.74) is 2.94. The van der Waals surface area contributed by atoms with Crippen LogP contribution in [0.4, 0.5) is 8.78 Å². The van der Waals surface area contributed by atoms with Crippen molar-refractivity contribution in [1.29, 1.82) is 0 Å². The molecule has 10 heteroatoms. The Kier molecular flexibility index (Phi) is 7.21. The maximum absolute atomic E-state index is 13.4. The largest absolute Gasteiger partial charge is 0.507 e. The Balaban J connectivity index is 1.21. The molecule has 1 N–H and O–H groups in total. The average molecular weight is 522 g/mol. The molecule has 0 amide bonds. The highest BCUT2D eigenvalue weighted by molar-refractivity contribution is 5.95. The van der Waals surface area contributed by atoms with Crippen LogP contribution in [-0.4, -0.2) is 39.3 Å². The first-order valence-electron chi connectivity index (χ1n) is 12.0. The number of rotatable bonds is 9. The lowest BCUT2D eigenvalue weighted by atomic mass is 9.94. The summed E-state index contributed by atoms with van der Waals surface area (Å²) in [6, 6.07) is 14.5. The number of carbonyl (C=O) groups is 1. The molecule has 38 heavy (non-hydrogen) atoms. The second-order valence-electron chi connectivity index (χ2n) is 9.04. The number of nitrogens with zero attached hydrogens (tertiary/aromatic N) is 3. The van der Waals surface area contributed by atoms with Gasteiger partial charge in [-0.05, 0) is 59.9 Å². The highest BCUT2D eigenvalue weighted by Gasteiger charge is 2.29. The molecule has 196 valence electrons. The Morgan fingerprint density at radius 1 is 1.05 bits per heavy atom. The molecule has 0 aliphatic carbocycles. The number of hydrogen-bond donors (Lipinski definition) is 1. The topological polar surface area (TPSA) is 95.7 Å². The zero-order chi connectivity index (χ0) is 26.6. The van der Waals surface area contributed by atoms with E-state index >= 15 is 0 Å². The third kappa shape index (κ3) is 5.74. The summed E-state index contributed by atoms with van der Waals surface area (Å²) in [7, 11) is 1.62. The van der Waals surface area contributed by atoms with Gasteiger partial charge in [-0.15, -0.1) is 5.10 Å². The van der Waals surface area contributed by atoms with Gasteiger partial charge in [0.2, 0.25) is 0 Å². The van der Waals surface area contributed by atoms with E-state index in [4.69, 9.17) is 14.2 Å². The van der Waals surface area contributed by atoms with Gasteiger partial charge in [0.15, 0.2) is 11.6 Å². The zero-order valence-electron chi connectivity index (χ0n) is 20.6. The minimum absolute atomic E-state index is 0.0569. The average Bonchev–Trinajstić information content (AvgIpc) is 3.35. The van der Waals surface area contributed by atoms with E-state index in [2.05, 4.69) is 10.3 Å². The lowest BCUT2D eigenvalue weighted by molar-refractivity contribution is 0.0234. The van der Waals surface area contributed by atoms with Gasteiger partial charge in [-0.1, -0.05) is 23.4 Å². The quantitative estimate of drug-likeness (QED) is 0.321. The summed E-state index contributed by atoms with van der Waals surface area (Å²) in [6.07, 6.45) is 3.10. The molecule has 1 atom stereocenters. The Hall–Kier alpha value is -4.47. The second-order valence-corrected chi connectivity index (χ2v) is 9.04. The number of ether oxygens (including phenoxy) is 3. The molecule has 0 saturated carbocycles. The van der Waals surface area contributed by atoms with Crippen LogP contribution in [0.15, 0.2) is 60.8 Å². The fourth-order valence-corrected chi connectivity index (χ4v) is 4.38. The van der Waals surface area contributed by atoms with Gasteiger partial charge < -0.3 is 19.3 Å². The second kappa shape index (κ2) is 10.9. The van der Waals surface area contributed by atoms with E-state index in [1.165, 1.54) is 16.8 Å². The van der Waals surface area contributed by atoms with Gasteiger partial charge in [-0.3, -0.25) is 0 Å². The normalized spacial score (nSPS) is 14.6. The molecule has 0 radical (unpaired) electrons. The lowest BCUT2D eigenvalue weighted by Crippen LogP contribution is -2.28. The van der Waals surface area contributed by atoms with Crippen molar-refractivity contribution in [1.82, 2.24) is 15.0 Å². The van der Waals surface area contributed by atoms with E-state index in [0.717, 1.165) is 29.9 Å². The van der Waals surface area contributed by atoms with Crippen molar-refractivity contribution in [2.24, 2.45) is 0 Å². The Labute approximate surface area is 217 Å². The monoisotopic (exact) mass is 521 g/mol. The van der Waals surface area contributed by atoms with Crippen LogP contribution < -0.4 is 9.47 Å². The molecule has 0 bridgehead atoms. The minimum Gasteiger partial charge on any atom is -0.507 e. The van der Waals surface area contributed by atoms with Crippen molar-refractivity contribution in [2.75, 3.05) is 7.11 Å². The highest BCUT2D eigenvalue weighted by Crippen LogP contribution is 2.34. The predicted octanol–water partition coefficient (Wildman–Crippen LogP) is 4.61. The van der Waals surface area contributed by atoms with E-state index in [9.17, 15) is 18.7 Å². The standard InChI is InChI=1S/C28H25F2N3O5/c1-36-21-6-2-17(3-7-21)4-8-22-11-19-12-23(13-26(34)27(19)28(35)38-22)37-16-20-15-33(32-31-20)14-18-5-9-24(29)25(30)10-18/h2-3,5-7,9-10,12-13,15,22,34H,4,8,11,14,16H2,1H3. The molecular formula is C28H25F2N3O5. The Morgan fingerprint density at radius 3 is 2.61 bits per heavy atom. The minimum atomic E-state index is -0.926. The van der Waals surface area contributed by atoms with E-state index in [1.54, 1.807) is 19.4 Å². The van der Waals surface area contributed by atoms with Crippen LogP contribution in [-0.2, 0) is 30.7 Å². The van der Waals surface area contributed by atoms with E-state index in [-0.39, 0.29) is 30.6 Å². The molecule has 4 aromatic rings. The number of phenols is 1. The molecule has 1 aliphatic heterocycles. The lowest BCUT2D eigenvalue weighted by Gasteiger charge is -2.25. The van der Waals surface area contributed by atoms with Crippen molar-refractivity contribution in [2.45, 2.75) is 38.5 Å². The van der Waals surface area contributed by atoms with Crippen molar-refractivity contribution >= 4 is 5.97 Å². The smallest absolute Gasteiger partial charge is 0.342 e. The van der Waals surface area contributed by atoms with Gasteiger partial charge >= 0.3 is 5.97 Å². The number of fused-ring (bicyclic) bond motifs is 1. The van der Waals surface area contributed by atoms with Crippen molar-refractivity contribution in [3.63, 3.8) is 0 Å². The number of aromatic nitrogens is 3. The molecule has 3 aromatic carbocycles. The van der Waals surface area contributed by atoms with Gasteiger partial charge in [0.05, 0.1) is 19.9 Å². The molecule has 0 spiro atoms. The van der Waals surface area contributed by atoms with Crippen LogP contribution in [0.2, 0.25) is 0 Å². The molecule has 1 aromatic heterocycles. The van der Waals surface area contributed by atoms with E-state index in [1.807, 2.05) is 24.3 Å². The van der Waals surface area contributed by atoms with Crippen LogP contribution in [0.3, 0.4) is 0 Å². The number of benzene rings is 3. The van der Waals surface area contributed by atoms with Gasteiger partial charge in [0.1, 0.15) is 41.2 Å². The fraction of sp³-hybridized carbons (Fsp3) is 0.250. The summed E-state index contributed by atoms with van der Waals surface area (Å²) >= 11 is 0. The number of hydrogen-bond acceptors (Lipinski definition) is 7. The SMILES string of the molecule is COc1ccc(CCC2Cc3cc(OCc4cn(Cc5ccc(F)c(F)c5)nn4)cc(O)c3C(=O)O2)cc1. The maximum atomic E-state index is 13.4. The number of aromatic hydroxyl groups is 1. The Bertz CT molecular complexity index is 1460. The van der Waals surface area contributed by atoms with Gasteiger partial charge in [0, 0.05) is 12.5 Å². The van der Waals surface area contributed by atoms with Crippen LogP contribution in [0.5, 0.6) is 17.2 Å². The summed E-state index contributed by atoms with van der Waals surface area (Å²) < 4.78 is 44.6. The first-order valence-corrected chi connectivity index (χ1v) is 12.0. The number of aryl methyl sites for hydroxylation is 1. The Morgan fingerprint density at radius 2 is 1.84 bits per heavy atom. The number of carbonyl (C=O) groups excluding carboxylic acids is 1. The van der Waals surface area contributed by atoms with Crippen LogP contribution in [0, 0.1) is 11.6 Å². The van der Waals surface area contributed by atoms with Gasteiger partial charge in [-0.2, -0.15) is 0 Å². The molecule has 2 heterocycles. The maximum Gasteiger partial charge on any atom is 0.342 e. The fourth-order valence-electron chi connectivity index (χ4n) is 4.38. The predicted molar refractivity (Wildman–Crippen MR) is 132 cm³/mol. The number of phenolic OH excluding ortho intramolecular Hbond substituents is 1. The van der Waals surface area contributed by atoms with Crippen LogP contribution in [0.1, 0.15) is 39.2 Å². The summed E-state index contributed by atoms with van der Waals surface area (Å²) in [4.78, 5) is 12.6. The highest BCUT2D eigenvalue weighted by atomic mass is 19.2. The third-order valence-corrected chi connectivity index (χ3v) is 6.31. The van der Waals surface area contributed by atoms with Crippen molar-refractivity contribution in [3.05, 3.63) is 100 Å². The van der Waals surface area contributed by atoms with Gasteiger partial charge in [0.25, 0.3) is 0 Å². The third-order valence-electron chi connectivity index (χ3n) is 6.31. The molecule has 1 unspecified atom stereocenters. The molecule has 5 rings (SSSR count). The van der Waals surface area contributed by atoms with E-state index in [0.29, 0.717) is 35.4 Å². The number of halogens is 2. The first-order chi connectivity index (χ1) is 18.4. The van der Waals surface area contributed by atoms with Crippen molar-refractivity contribution in [3.8, 4) is 17.2 Å². The van der Waals surface area contributed by atoms with Crippen LogP contribution >= 0.6 is 0 Å². The van der Waals surface area contributed by atoms with E-state index < -0.39 is 17.6 Å². The van der Waals surface area contributed by atoms with Crippen LogP contribution in [0.25, 0.3) is 0 Å². The summed E-state index contributed by atoms with van der Waals surface area (Å²) in [5.74, 6) is -1.45. The molecule has 0 saturated heterocycles. The number of cyclic esters (lactones) is 1. The number of esters is 1.